The molecule has 0 heterocycles. The molecule has 2 aromatic carbocycles. The average molecular weight is 893 g/mol. The van der Waals surface area contributed by atoms with Gasteiger partial charge in [0.25, 0.3) is 0 Å². The van der Waals surface area contributed by atoms with Crippen molar-refractivity contribution in [3.63, 3.8) is 0 Å². The molecule has 0 bridgehead atoms. The van der Waals surface area contributed by atoms with Gasteiger partial charge in [-0.25, -0.2) is 0 Å². The monoisotopic (exact) mass is 893 g/mol. The molecule has 0 saturated heterocycles. The molecule has 0 spiro atoms. The fourth-order valence-electron chi connectivity index (χ4n) is 4.09. The first kappa shape index (κ1) is 68.3. The number of rotatable bonds is 14. The van der Waals surface area contributed by atoms with Crippen LogP contribution in [0.4, 0.5) is 0 Å². The predicted molar refractivity (Wildman–Crippen MR) is 264 cm³/mol. The van der Waals surface area contributed by atoms with Gasteiger partial charge in [-0.3, -0.25) is 19.2 Å². The Balaban J connectivity index is -0.000000224. The lowest BCUT2D eigenvalue weighted by Gasteiger charge is -2.26. The third kappa shape index (κ3) is 38.4. The smallest absolute Gasteiger partial charge is 0.308 e. The molecule has 0 amide bonds. The lowest BCUT2D eigenvalue weighted by molar-refractivity contribution is -0.207. The maximum Gasteiger partial charge on any atom is 0.308 e. The normalized spacial score (nSPS) is 11.1. The maximum absolute atomic E-state index is 11.5. The molecule has 0 aliphatic rings. The Bertz CT molecular complexity index is 1400. The first-order valence-corrected chi connectivity index (χ1v) is 22.8. The van der Waals surface area contributed by atoms with Crippen LogP contribution in [0.1, 0.15) is 209 Å². The number of hydrogen-bond donors (Lipinski definition) is 1. The van der Waals surface area contributed by atoms with Crippen molar-refractivity contribution in [2.75, 3.05) is 14.2 Å². The van der Waals surface area contributed by atoms with Crippen molar-refractivity contribution in [2.45, 2.75) is 220 Å². The van der Waals surface area contributed by atoms with Crippen LogP contribution in [-0.4, -0.2) is 54.6 Å². The molecule has 0 saturated carbocycles. The molecule has 0 aliphatic carbocycles. The number of carbonyl (C=O) groups is 4. The standard InChI is InChI=1S/2C13H18O2.C11H22O3.C7H14O2.C5H12O.2C2H6/c2*1-5-13(3,4)11-6-8-12(9-7-11)15-10(2)14;1-7-10(2,3)8-9(12)14-11(4,5)13-6;1-4-7(2,3)5-6(8)9;1-5(2,3)6-4;2*1-2/h2*6-9H,5H2,1-4H3;7-8H2,1-6H3;4-5H2,1-3H3,(H,8,9);1-4H3;2*1-2H3. The van der Waals surface area contributed by atoms with Crippen LogP contribution in [0.25, 0.3) is 0 Å². The molecule has 1 N–H and O–H groups in total. The molecule has 2 aromatic rings. The van der Waals surface area contributed by atoms with Gasteiger partial charge in [0.2, 0.25) is 5.79 Å². The van der Waals surface area contributed by atoms with Gasteiger partial charge in [0.05, 0.1) is 18.4 Å². The van der Waals surface area contributed by atoms with Gasteiger partial charge < -0.3 is 28.8 Å². The Labute approximate surface area is 386 Å². The lowest BCUT2D eigenvalue weighted by Crippen LogP contribution is -2.31. The highest BCUT2D eigenvalue weighted by molar-refractivity contribution is 5.71. The van der Waals surface area contributed by atoms with Crippen LogP contribution >= 0.6 is 0 Å². The van der Waals surface area contributed by atoms with E-state index in [4.69, 9.17) is 28.8 Å². The third-order valence-electron chi connectivity index (χ3n) is 10.2. The topological polar surface area (TPSA) is 135 Å². The number of benzene rings is 2. The first-order valence-electron chi connectivity index (χ1n) is 22.8. The van der Waals surface area contributed by atoms with Crippen molar-refractivity contribution in [1.82, 2.24) is 0 Å². The largest absolute Gasteiger partial charge is 0.481 e. The Morgan fingerprint density at radius 1 is 0.492 bits per heavy atom. The molecular weight excluding hydrogens is 797 g/mol. The molecule has 0 aromatic heterocycles. The molecule has 0 unspecified atom stereocenters. The SMILES string of the molecule is CC.CC.CCC(C)(C)CC(=O)O.CCC(C)(C)CC(=O)OC(C)(C)OC.CCC(C)(C)c1ccc(OC(C)=O)cc1.CCC(C)(C)c1ccc(OC(C)=O)cc1.COC(C)(C)C. The second-order valence-electron chi connectivity index (χ2n) is 18.9. The minimum Gasteiger partial charge on any atom is -0.481 e. The number of carbonyl (C=O) groups excluding carboxylic acids is 3. The number of aliphatic carboxylic acids is 1. The molecule has 0 atom stereocenters. The van der Waals surface area contributed by atoms with Crippen LogP contribution in [0.15, 0.2) is 48.5 Å². The fourth-order valence-corrected chi connectivity index (χ4v) is 4.09. The molecule has 0 aliphatic heterocycles. The van der Waals surface area contributed by atoms with E-state index in [1.807, 2.05) is 132 Å². The summed E-state index contributed by atoms with van der Waals surface area (Å²) in [6, 6.07) is 15.4. The van der Waals surface area contributed by atoms with Crippen LogP contribution in [0.2, 0.25) is 0 Å². The van der Waals surface area contributed by atoms with Gasteiger partial charge in [-0.15, -0.1) is 0 Å². The Hall–Kier alpha value is -3.76. The van der Waals surface area contributed by atoms with E-state index < -0.39 is 11.8 Å². The van der Waals surface area contributed by atoms with Gasteiger partial charge >= 0.3 is 23.9 Å². The summed E-state index contributed by atoms with van der Waals surface area (Å²) in [6.07, 6.45) is 4.73. The van der Waals surface area contributed by atoms with E-state index in [-0.39, 0.29) is 51.6 Å². The van der Waals surface area contributed by atoms with E-state index >= 15 is 0 Å². The summed E-state index contributed by atoms with van der Waals surface area (Å²) in [6.45, 7) is 45.6. The van der Waals surface area contributed by atoms with E-state index in [0.717, 1.165) is 25.7 Å². The lowest BCUT2D eigenvalue weighted by atomic mass is 9.82. The number of carboxylic acid groups (broad SMARTS) is 1. The Morgan fingerprint density at radius 2 is 0.778 bits per heavy atom. The predicted octanol–water partition coefficient (Wildman–Crippen LogP) is 14.7. The quantitative estimate of drug-likeness (QED) is 0.111. The summed E-state index contributed by atoms with van der Waals surface area (Å²) in [5.74, 6) is -1.07. The highest BCUT2D eigenvalue weighted by Crippen LogP contribution is 2.30. The second kappa shape index (κ2) is 33.7. The van der Waals surface area contributed by atoms with Crippen LogP contribution in [-0.2, 0) is 44.2 Å². The minimum absolute atomic E-state index is 0.000898. The Morgan fingerprint density at radius 3 is 0.968 bits per heavy atom. The molecular formula is C53H96O10. The highest BCUT2D eigenvalue weighted by Gasteiger charge is 2.27. The molecule has 368 valence electrons. The van der Waals surface area contributed by atoms with Gasteiger partial charge in [-0.2, -0.15) is 0 Å². The second-order valence-corrected chi connectivity index (χ2v) is 18.9. The van der Waals surface area contributed by atoms with Crippen molar-refractivity contribution in [1.29, 1.82) is 0 Å². The molecule has 0 radical (unpaired) electrons. The summed E-state index contributed by atoms with van der Waals surface area (Å²) in [7, 11) is 3.23. The van der Waals surface area contributed by atoms with Gasteiger partial charge in [0.1, 0.15) is 11.5 Å². The Kier molecular flexibility index (Phi) is 36.5. The zero-order valence-electron chi connectivity index (χ0n) is 45.0. The molecule has 10 heteroatoms. The highest BCUT2D eigenvalue weighted by atomic mass is 16.7. The van der Waals surface area contributed by atoms with Crippen LogP contribution in [0.3, 0.4) is 0 Å². The molecule has 10 nitrogen and oxygen atoms in total. The molecule has 2 rings (SSSR count). The number of hydrogen-bond acceptors (Lipinski definition) is 9. The first-order chi connectivity index (χ1) is 28.7. The third-order valence-corrected chi connectivity index (χ3v) is 10.2. The van der Waals surface area contributed by atoms with Crippen molar-refractivity contribution in [2.24, 2.45) is 10.8 Å². The molecule has 63 heavy (non-hydrogen) atoms. The average Bonchev–Trinajstić information content (AvgIpc) is 3.19. The van der Waals surface area contributed by atoms with Crippen molar-refractivity contribution < 1.29 is 48.0 Å². The van der Waals surface area contributed by atoms with Crippen molar-refractivity contribution >= 4 is 23.9 Å². The van der Waals surface area contributed by atoms with E-state index in [2.05, 4.69) is 48.5 Å². The number of carboxylic acids is 1. The van der Waals surface area contributed by atoms with Crippen LogP contribution in [0.5, 0.6) is 11.5 Å². The minimum atomic E-state index is -0.819. The number of esters is 3. The van der Waals surface area contributed by atoms with Gasteiger partial charge in [-0.1, -0.05) is 148 Å². The summed E-state index contributed by atoms with van der Waals surface area (Å²) in [5, 5.41) is 8.38. The van der Waals surface area contributed by atoms with E-state index in [1.54, 1.807) is 21.0 Å². The summed E-state index contributed by atoms with van der Waals surface area (Å²) in [4.78, 5) is 43.1. The van der Waals surface area contributed by atoms with Crippen molar-refractivity contribution in [3.8, 4) is 11.5 Å². The zero-order chi connectivity index (χ0) is 51.1. The summed E-state index contributed by atoms with van der Waals surface area (Å²) < 4.78 is 25.1. The zero-order valence-corrected chi connectivity index (χ0v) is 45.0. The maximum atomic E-state index is 11.5. The van der Waals surface area contributed by atoms with Crippen LogP contribution in [0, 0.1) is 10.8 Å². The van der Waals surface area contributed by atoms with Gasteiger partial charge in [0.15, 0.2) is 0 Å². The van der Waals surface area contributed by atoms with E-state index in [9.17, 15) is 19.2 Å². The van der Waals surface area contributed by atoms with E-state index in [0.29, 0.717) is 17.9 Å². The van der Waals surface area contributed by atoms with Crippen LogP contribution < -0.4 is 9.47 Å². The number of ether oxygens (including phenoxy) is 5. The van der Waals surface area contributed by atoms with E-state index in [1.165, 1.54) is 32.1 Å². The summed E-state index contributed by atoms with van der Waals surface area (Å²) >= 11 is 0. The summed E-state index contributed by atoms with van der Waals surface area (Å²) in [5.41, 5.74) is 2.89. The number of methoxy groups -OCH3 is 2. The van der Waals surface area contributed by atoms with Gasteiger partial charge in [-0.05, 0) is 90.7 Å². The van der Waals surface area contributed by atoms with Crippen molar-refractivity contribution in [3.05, 3.63) is 59.7 Å². The molecule has 0 fully saturated rings. The fraction of sp³-hybridized carbons (Fsp3) is 0.698. The van der Waals surface area contributed by atoms with Gasteiger partial charge in [0, 0.05) is 41.9 Å².